The standard InChI is InChI=1S/C14H18N2O4/c1-9-13(15-4-5-18-9)14(17)16-7-10-2-3-11-12(6-10)20-8-19-11/h2-3,6,9,13,15H,4-5,7-8H2,1H3,(H,16,17)/t9-,13+/m1/s1. The summed E-state index contributed by atoms with van der Waals surface area (Å²) in [6, 6.07) is 5.37. The predicted molar refractivity (Wildman–Crippen MR) is 71.6 cm³/mol. The van der Waals surface area contributed by atoms with E-state index < -0.39 is 0 Å². The summed E-state index contributed by atoms with van der Waals surface area (Å²) < 4.78 is 16.0. The summed E-state index contributed by atoms with van der Waals surface area (Å²) in [6.45, 7) is 3.96. The summed E-state index contributed by atoms with van der Waals surface area (Å²) in [4.78, 5) is 12.1. The Morgan fingerprint density at radius 1 is 1.40 bits per heavy atom. The fourth-order valence-corrected chi connectivity index (χ4v) is 2.38. The van der Waals surface area contributed by atoms with Crippen molar-refractivity contribution in [2.24, 2.45) is 0 Å². The molecular formula is C14H18N2O4. The molecule has 0 spiro atoms. The van der Waals surface area contributed by atoms with Crippen LogP contribution in [0.25, 0.3) is 0 Å². The highest BCUT2D eigenvalue weighted by atomic mass is 16.7. The molecule has 1 aromatic carbocycles. The van der Waals surface area contributed by atoms with E-state index >= 15 is 0 Å². The molecule has 2 N–H and O–H groups in total. The van der Waals surface area contributed by atoms with Crippen LogP contribution in [0, 0.1) is 0 Å². The molecule has 0 aromatic heterocycles. The van der Waals surface area contributed by atoms with Gasteiger partial charge in [0, 0.05) is 13.1 Å². The molecule has 3 rings (SSSR count). The number of rotatable bonds is 3. The van der Waals surface area contributed by atoms with Gasteiger partial charge < -0.3 is 24.8 Å². The number of hydrogen-bond donors (Lipinski definition) is 2. The van der Waals surface area contributed by atoms with Crippen LogP contribution in [0.3, 0.4) is 0 Å². The van der Waals surface area contributed by atoms with Crippen molar-refractivity contribution in [3.05, 3.63) is 23.8 Å². The highest BCUT2D eigenvalue weighted by molar-refractivity contribution is 5.82. The molecule has 2 heterocycles. The first-order valence-corrected chi connectivity index (χ1v) is 6.75. The first-order valence-electron chi connectivity index (χ1n) is 6.75. The summed E-state index contributed by atoms with van der Waals surface area (Å²) in [5.74, 6) is 1.43. The number of fused-ring (bicyclic) bond motifs is 1. The zero-order chi connectivity index (χ0) is 13.9. The van der Waals surface area contributed by atoms with E-state index in [9.17, 15) is 4.79 Å². The van der Waals surface area contributed by atoms with Gasteiger partial charge in [-0.15, -0.1) is 0 Å². The van der Waals surface area contributed by atoms with E-state index in [4.69, 9.17) is 14.2 Å². The van der Waals surface area contributed by atoms with Crippen LogP contribution in [-0.2, 0) is 16.1 Å². The van der Waals surface area contributed by atoms with Crippen molar-refractivity contribution in [3.63, 3.8) is 0 Å². The van der Waals surface area contributed by atoms with Gasteiger partial charge in [0.2, 0.25) is 12.7 Å². The van der Waals surface area contributed by atoms with Crippen LogP contribution in [0.2, 0.25) is 0 Å². The molecule has 0 saturated carbocycles. The lowest BCUT2D eigenvalue weighted by Crippen LogP contribution is -2.55. The van der Waals surface area contributed by atoms with Gasteiger partial charge in [-0.1, -0.05) is 6.07 Å². The number of carbonyl (C=O) groups is 1. The Kier molecular flexibility index (Phi) is 3.75. The van der Waals surface area contributed by atoms with Crippen molar-refractivity contribution >= 4 is 5.91 Å². The van der Waals surface area contributed by atoms with E-state index in [1.54, 1.807) is 0 Å². The minimum atomic E-state index is -0.294. The molecular weight excluding hydrogens is 260 g/mol. The van der Waals surface area contributed by atoms with Crippen molar-refractivity contribution in [2.75, 3.05) is 19.9 Å². The minimum Gasteiger partial charge on any atom is -0.454 e. The first kappa shape index (κ1) is 13.2. The third-order valence-electron chi connectivity index (χ3n) is 3.50. The van der Waals surface area contributed by atoms with Gasteiger partial charge in [0.25, 0.3) is 0 Å². The second kappa shape index (κ2) is 5.68. The molecule has 0 bridgehead atoms. The maximum absolute atomic E-state index is 12.1. The molecule has 1 aromatic rings. The molecule has 2 atom stereocenters. The van der Waals surface area contributed by atoms with Crippen LogP contribution in [0.5, 0.6) is 11.5 Å². The topological polar surface area (TPSA) is 68.8 Å². The van der Waals surface area contributed by atoms with Crippen LogP contribution in [0.4, 0.5) is 0 Å². The van der Waals surface area contributed by atoms with Crippen LogP contribution in [0.1, 0.15) is 12.5 Å². The third-order valence-corrected chi connectivity index (χ3v) is 3.50. The normalized spacial score (nSPS) is 24.4. The minimum absolute atomic E-state index is 0.0464. The van der Waals surface area contributed by atoms with Crippen molar-refractivity contribution in [1.29, 1.82) is 0 Å². The summed E-state index contributed by atoms with van der Waals surface area (Å²) in [5.41, 5.74) is 0.979. The molecule has 2 aliphatic rings. The highest BCUT2D eigenvalue weighted by Gasteiger charge is 2.28. The van der Waals surface area contributed by atoms with Gasteiger partial charge >= 0.3 is 0 Å². The lowest BCUT2D eigenvalue weighted by atomic mass is 10.1. The Hall–Kier alpha value is -1.79. The lowest BCUT2D eigenvalue weighted by Gasteiger charge is -2.29. The fraction of sp³-hybridized carbons (Fsp3) is 0.500. The van der Waals surface area contributed by atoms with E-state index in [1.807, 2.05) is 25.1 Å². The van der Waals surface area contributed by atoms with Gasteiger partial charge in [-0.25, -0.2) is 0 Å². The largest absolute Gasteiger partial charge is 0.454 e. The number of amides is 1. The molecule has 0 radical (unpaired) electrons. The summed E-state index contributed by atoms with van der Waals surface area (Å²) in [6.07, 6.45) is -0.111. The molecule has 6 nitrogen and oxygen atoms in total. The van der Waals surface area contributed by atoms with Gasteiger partial charge in [-0.3, -0.25) is 4.79 Å². The van der Waals surface area contributed by atoms with E-state index in [0.29, 0.717) is 19.7 Å². The second-order valence-corrected chi connectivity index (χ2v) is 4.91. The Morgan fingerprint density at radius 2 is 2.25 bits per heavy atom. The number of carbonyl (C=O) groups excluding carboxylic acids is 1. The van der Waals surface area contributed by atoms with Crippen molar-refractivity contribution < 1.29 is 19.0 Å². The Morgan fingerprint density at radius 3 is 3.10 bits per heavy atom. The molecule has 1 amide bonds. The smallest absolute Gasteiger partial charge is 0.240 e. The van der Waals surface area contributed by atoms with Crippen LogP contribution < -0.4 is 20.1 Å². The number of hydrogen-bond acceptors (Lipinski definition) is 5. The predicted octanol–water partition coefficient (Wildman–Crippen LogP) is 0.408. The maximum atomic E-state index is 12.1. The number of benzene rings is 1. The van der Waals surface area contributed by atoms with Crippen molar-refractivity contribution in [2.45, 2.75) is 25.6 Å². The van der Waals surface area contributed by atoms with Gasteiger partial charge in [0.15, 0.2) is 11.5 Å². The molecule has 0 unspecified atom stereocenters. The number of nitrogens with one attached hydrogen (secondary N) is 2. The molecule has 1 fully saturated rings. The van der Waals surface area contributed by atoms with Gasteiger partial charge in [-0.2, -0.15) is 0 Å². The van der Waals surface area contributed by atoms with Gasteiger partial charge in [-0.05, 0) is 24.6 Å². The molecule has 0 aliphatic carbocycles. The van der Waals surface area contributed by atoms with Crippen LogP contribution in [-0.4, -0.2) is 38.0 Å². The van der Waals surface area contributed by atoms with Crippen LogP contribution >= 0.6 is 0 Å². The summed E-state index contributed by atoms with van der Waals surface area (Å²) in [5, 5.41) is 6.08. The van der Waals surface area contributed by atoms with Gasteiger partial charge in [0.05, 0.1) is 12.7 Å². The average molecular weight is 278 g/mol. The summed E-state index contributed by atoms with van der Waals surface area (Å²) >= 11 is 0. The zero-order valence-electron chi connectivity index (χ0n) is 11.3. The lowest BCUT2D eigenvalue weighted by molar-refractivity contribution is -0.129. The Labute approximate surface area is 117 Å². The monoisotopic (exact) mass is 278 g/mol. The van der Waals surface area contributed by atoms with E-state index in [0.717, 1.165) is 17.1 Å². The molecule has 108 valence electrons. The van der Waals surface area contributed by atoms with E-state index in [1.165, 1.54) is 0 Å². The molecule has 20 heavy (non-hydrogen) atoms. The van der Waals surface area contributed by atoms with Crippen molar-refractivity contribution in [1.82, 2.24) is 10.6 Å². The zero-order valence-corrected chi connectivity index (χ0v) is 11.3. The number of morpholine rings is 1. The number of ether oxygens (including phenoxy) is 3. The SMILES string of the molecule is C[C@H]1OCCN[C@@H]1C(=O)NCc1ccc2c(c1)OCO2. The summed E-state index contributed by atoms with van der Waals surface area (Å²) in [7, 11) is 0. The molecule has 2 aliphatic heterocycles. The van der Waals surface area contributed by atoms with Crippen molar-refractivity contribution in [3.8, 4) is 11.5 Å². The van der Waals surface area contributed by atoms with E-state index in [2.05, 4.69) is 10.6 Å². The maximum Gasteiger partial charge on any atom is 0.240 e. The average Bonchev–Trinajstić information content (AvgIpc) is 2.92. The third kappa shape index (κ3) is 2.71. The van der Waals surface area contributed by atoms with Crippen LogP contribution in [0.15, 0.2) is 18.2 Å². The Balaban J connectivity index is 1.57. The quantitative estimate of drug-likeness (QED) is 0.838. The Bertz CT molecular complexity index is 506. The molecule has 1 saturated heterocycles. The van der Waals surface area contributed by atoms with Gasteiger partial charge in [0.1, 0.15) is 6.04 Å². The van der Waals surface area contributed by atoms with E-state index in [-0.39, 0.29) is 24.8 Å². The first-order chi connectivity index (χ1) is 9.74. The second-order valence-electron chi connectivity index (χ2n) is 4.91. The highest BCUT2D eigenvalue weighted by Crippen LogP contribution is 2.32. The molecule has 6 heteroatoms. The fourth-order valence-electron chi connectivity index (χ4n) is 2.38.